The highest BCUT2D eigenvalue weighted by atomic mass is 19.4. The first kappa shape index (κ1) is 11.6. The molecular formula is C12H9F3N2. The van der Waals surface area contributed by atoms with Gasteiger partial charge in [0.1, 0.15) is 0 Å². The van der Waals surface area contributed by atoms with Crippen molar-refractivity contribution in [2.45, 2.75) is 13.1 Å². The van der Waals surface area contributed by atoms with Gasteiger partial charge in [-0.1, -0.05) is 6.07 Å². The van der Waals surface area contributed by atoms with Crippen molar-refractivity contribution in [3.63, 3.8) is 0 Å². The molecule has 0 unspecified atom stereocenters. The van der Waals surface area contributed by atoms with Crippen LogP contribution >= 0.6 is 0 Å². The van der Waals surface area contributed by atoms with Gasteiger partial charge in [-0.05, 0) is 24.6 Å². The lowest BCUT2D eigenvalue weighted by Gasteiger charge is -2.12. The van der Waals surface area contributed by atoms with Gasteiger partial charge in [0.05, 0.1) is 11.3 Å². The highest BCUT2D eigenvalue weighted by molar-refractivity contribution is 5.66. The predicted molar refractivity (Wildman–Crippen MR) is 57.2 cm³/mol. The number of alkyl halides is 3. The van der Waals surface area contributed by atoms with E-state index in [9.17, 15) is 13.2 Å². The normalized spacial score (nSPS) is 11.5. The smallest absolute Gasteiger partial charge is 0.264 e. The van der Waals surface area contributed by atoms with Crippen LogP contribution in [0.5, 0.6) is 0 Å². The van der Waals surface area contributed by atoms with Crippen molar-refractivity contribution in [3.8, 4) is 11.3 Å². The Bertz CT molecular complexity index is 535. The third kappa shape index (κ3) is 2.27. The number of halogens is 3. The highest BCUT2D eigenvalue weighted by Crippen LogP contribution is 2.36. The predicted octanol–water partition coefficient (Wildman–Crippen LogP) is 3.47. The summed E-state index contributed by atoms with van der Waals surface area (Å²) in [5.41, 5.74) is 0.332. The van der Waals surface area contributed by atoms with Crippen molar-refractivity contribution in [2.75, 3.05) is 0 Å². The maximum absolute atomic E-state index is 12.8. The van der Waals surface area contributed by atoms with Gasteiger partial charge < -0.3 is 0 Å². The average molecular weight is 238 g/mol. The maximum Gasteiger partial charge on any atom is 0.418 e. The van der Waals surface area contributed by atoms with Crippen LogP contribution in [-0.4, -0.2) is 9.97 Å². The summed E-state index contributed by atoms with van der Waals surface area (Å²) in [4.78, 5) is 7.51. The summed E-state index contributed by atoms with van der Waals surface area (Å²) in [5.74, 6) is 0. The molecule has 0 amide bonds. The monoisotopic (exact) mass is 238 g/mol. The van der Waals surface area contributed by atoms with Crippen LogP contribution in [0.4, 0.5) is 13.2 Å². The summed E-state index contributed by atoms with van der Waals surface area (Å²) in [7, 11) is 0. The molecule has 2 rings (SSSR count). The molecule has 0 aliphatic rings. The third-order valence-electron chi connectivity index (χ3n) is 2.39. The molecule has 2 aromatic rings. The Hall–Kier alpha value is -1.91. The van der Waals surface area contributed by atoms with Crippen LogP contribution in [0, 0.1) is 6.92 Å². The summed E-state index contributed by atoms with van der Waals surface area (Å²) < 4.78 is 38.4. The number of nitrogens with zero attached hydrogens (tertiary/aromatic N) is 2. The van der Waals surface area contributed by atoms with Crippen LogP contribution < -0.4 is 0 Å². The van der Waals surface area contributed by atoms with Crippen LogP contribution in [0.1, 0.15) is 11.1 Å². The van der Waals surface area contributed by atoms with Crippen LogP contribution in [0.2, 0.25) is 0 Å². The minimum atomic E-state index is -4.42. The molecule has 17 heavy (non-hydrogen) atoms. The molecule has 88 valence electrons. The van der Waals surface area contributed by atoms with Crippen molar-refractivity contribution in [2.24, 2.45) is 0 Å². The molecule has 0 bridgehead atoms. The highest BCUT2D eigenvalue weighted by Gasteiger charge is 2.34. The van der Waals surface area contributed by atoms with E-state index in [4.69, 9.17) is 0 Å². The van der Waals surface area contributed by atoms with Gasteiger partial charge in [-0.25, -0.2) is 0 Å². The van der Waals surface area contributed by atoms with Gasteiger partial charge in [0, 0.05) is 24.2 Å². The Balaban J connectivity index is 2.65. The molecule has 2 aromatic heterocycles. The molecule has 0 spiro atoms. The second-order valence-electron chi connectivity index (χ2n) is 3.59. The summed E-state index contributed by atoms with van der Waals surface area (Å²) in [6.45, 7) is 1.73. The van der Waals surface area contributed by atoms with Gasteiger partial charge in [-0.3, -0.25) is 9.97 Å². The van der Waals surface area contributed by atoms with Gasteiger partial charge in [0.2, 0.25) is 0 Å². The van der Waals surface area contributed by atoms with E-state index in [0.717, 1.165) is 6.20 Å². The first-order valence-corrected chi connectivity index (χ1v) is 4.93. The largest absolute Gasteiger partial charge is 0.418 e. The number of aromatic nitrogens is 2. The molecule has 0 saturated carbocycles. The van der Waals surface area contributed by atoms with Crippen molar-refractivity contribution >= 4 is 0 Å². The molecule has 0 fully saturated rings. The van der Waals surface area contributed by atoms with Crippen LogP contribution in [0.25, 0.3) is 11.3 Å². The lowest BCUT2D eigenvalue weighted by Crippen LogP contribution is -2.08. The lowest BCUT2D eigenvalue weighted by atomic mass is 10.0. The van der Waals surface area contributed by atoms with Crippen LogP contribution in [0.15, 0.2) is 36.8 Å². The molecule has 0 aromatic carbocycles. The van der Waals surface area contributed by atoms with Crippen molar-refractivity contribution in [1.29, 1.82) is 0 Å². The van der Waals surface area contributed by atoms with Gasteiger partial charge in [0.25, 0.3) is 0 Å². The van der Waals surface area contributed by atoms with Crippen molar-refractivity contribution in [1.82, 2.24) is 9.97 Å². The Morgan fingerprint density at radius 2 is 1.88 bits per heavy atom. The van der Waals surface area contributed by atoms with E-state index in [1.807, 2.05) is 0 Å². The fraction of sp³-hybridized carbons (Fsp3) is 0.167. The van der Waals surface area contributed by atoms with E-state index in [-0.39, 0.29) is 5.56 Å². The molecule has 0 N–H and O–H groups in total. The maximum atomic E-state index is 12.8. The van der Waals surface area contributed by atoms with Crippen molar-refractivity contribution in [3.05, 3.63) is 47.9 Å². The molecule has 2 nitrogen and oxygen atoms in total. The van der Waals surface area contributed by atoms with Crippen molar-refractivity contribution < 1.29 is 13.2 Å². The third-order valence-corrected chi connectivity index (χ3v) is 2.39. The SMILES string of the molecule is Cc1cccnc1-c1ccncc1C(F)(F)F. The Labute approximate surface area is 96.2 Å². The van der Waals surface area contributed by atoms with E-state index in [1.54, 1.807) is 19.1 Å². The number of rotatable bonds is 1. The van der Waals surface area contributed by atoms with Gasteiger partial charge in [-0.15, -0.1) is 0 Å². The quantitative estimate of drug-likeness (QED) is 0.760. The number of hydrogen-bond acceptors (Lipinski definition) is 2. The van der Waals surface area contributed by atoms with Gasteiger partial charge in [-0.2, -0.15) is 13.2 Å². The Morgan fingerprint density at radius 3 is 2.53 bits per heavy atom. The molecule has 0 atom stereocenters. The summed E-state index contributed by atoms with van der Waals surface area (Å²) in [6.07, 6.45) is -0.793. The molecule has 0 aliphatic carbocycles. The van der Waals surface area contributed by atoms with Gasteiger partial charge in [0.15, 0.2) is 0 Å². The van der Waals surface area contributed by atoms with E-state index in [0.29, 0.717) is 11.3 Å². The minimum absolute atomic E-state index is 0.0607. The zero-order chi connectivity index (χ0) is 12.5. The lowest BCUT2D eigenvalue weighted by molar-refractivity contribution is -0.137. The van der Waals surface area contributed by atoms with Crippen LogP contribution in [-0.2, 0) is 6.18 Å². The minimum Gasteiger partial charge on any atom is -0.264 e. The molecule has 2 heterocycles. The number of pyridine rings is 2. The molecule has 0 radical (unpaired) electrons. The zero-order valence-corrected chi connectivity index (χ0v) is 8.99. The van der Waals surface area contributed by atoms with E-state index in [2.05, 4.69) is 9.97 Å². The fourth-order valence-corrected chi connectivity index (χ4v) is 1.59. The summed E-state index contributed by atoms with van der Waals surface area (Å²) >= 11 is 0. The van der Waals surface area contributed by atoms with Crippen LogP contribution in [0.3, 0.4) is 0 Å². The van der Waals surface area contributed by atoms with E-state index in [1.165, 1.54) is 18.5 Å². The zero-order valence-electron chi connectivity index (χ0n) is 8.99. The standard InChI is InChI=1S/C12H9F3N2/c1-8-3-2-5-17-11(8)9-4-6-16-7-10(9)12(13,14)15/h2-7H,1H3. The first-order valence-electron chi connectivity index (χ1n) is 4.93. The van der Waals surface area contributed by atoms with E-state index >= 15 is 0 Å². The second-order valence-corrected chi connectivity index (χ2v) is 3.59. The second kappa shape index (κ2) is 4.16. The number of aryl methyl sites for hydroxylation is 1. The average Bonchev–Trinajstić information content (AvgIpc) is 2.28. The van der Waals surface area contributed by atoms with E-state index < -0.39 is 11.7 Å². The fourth-order valence-electron chi connectivity index (χ4n) is 1.59. The number of hydrogen-bond donors (Lipinski definition) is 0. The molecular weight excluding hydrogens is 229 g/mol. The van der Waals surface area contributed by atoms with Gasteiger partial charge >= 0.3 is 6.18 Å². The topological polar surface area (TPSA) is 25.8 Å². The summed E-state index contributed by atoms with van der Waals surface area (Å²) in [5, 5.41) is 0. The summed E-state index contributed by atoms with van der Waals surface area (Å²) in [6, 6.07) is 4.74. The Kier molecular flexibility index (Phi) is 2.83. The molecule has 0 aliphatic heterocycles. The first-order chi connectivity index (χ1) is 8.00. The molecule has 0 saturated heterocycles. The molecule has 5 heteroatoms. The Morgan fingerprint density at radius 1 is 1.12 bits per heavy atom.